The molecule has 0 amide bonds. The Labute approximate surface area is 167 Å². The van der Waals surface area contributed by atoms with Gasteiger partial charge in [0.25, 0.3) is 0 Å². The summed E-state index contributed by atoms with van der Waals surface area (Å²) in [5, 5.41) is 9.48. The summed E-state index contributed by atoms with van der Waals surface area (Å²) in [5.41, 5.74) is 2.59. The van der Waals surface area contributed by atoms with Crippen LogP contribution in [-0.4, -0.2) is 24.8 Å². The number of para-hydroxylation sites is 1. The minimum atomic E-state index is -1.08. The predicted octanol–water partition coefficient (Wildman–Crippen LogP) is 4.39. The van der Waals surface area contributed by atoms with E-state index in [1.807, 2.05) is 31.2 Å². The smallest absolute Gasteiger partial charge is 0.335 e. The molecule has 0 spiro atoms. The number of carboxylic acid groups (broad SMARTS) is 1. The van der Waals surface area contributed by atoms with Crippen molar-refractivity contribution in [3.05, 3.63) is 69.1 Å². The van der Waals surface area contributed by atoms with Crippen molar-refractivity contribution >= 4 is 28.6 Å². The molecule has 0 bridgehead atoms. The first kappa shape index (κ1) is 18.8. The van der Waals surface area contributed by atoms with Crippen LogP contribution in [0.25, 0.3) is 22.6 Å². The topological polar surface area (TPSA) is 86.0 Å². The fourth-order valence-corrected chi connectivity index (χ4v) is 3.66. The molecule has 0 fully saturated rings. The molecule has 1 heterocycles. The van der Waals surface area contributed by atoms with Crippen LogP contribution in [0, 0.1) is 0 Å². The number of fused-ring (bicyclic) bond motifs is 2. The van der Waals surface area contributed by atoms with Crippen LogP contribution in [0.1, 0.15) is 40.6 Å². The van der Waals surface area contributed by atoms with Crippen LogP contribution in [0.4, 0.5) is 0 Å². The quantitative estimate of drug-likeness (QED) is 0.693. The van der Waals surface area contributed by atoms with Crippen LogP contribution in [-0.2, 0) is 6.42 Å². The Morgan fingerprint density at radius 1 is 1.24 bits per heavy atom. The predicted molar refractivity (Wildman–Crippen MR) is 110 cm³/mol. The molecule has 0 atom stereocenters. The Kier molecular flexibility index (Phi) is 4.84. The lowest BCUT2D eigenvalue weighted by Crippen LogP contribution is -2.09. The number of benzene rings is 2. The Bertz CT molecular complexity index is 1200. The van der Waals surface area contributed by atoms with Crippen LogP contribution in [0.15, 0.2) is 45.6 Å². The summed E-state index contributed by atoms with van der Waals surface area (Å²) in [6.45, 7) is 2.41. The summed E-state index contributed by atoms with van der Waals surface area (Å²) in [6.07, 6.45) is 3.16. The highest BCUT2D eigenvalue weighted by atomic mass is 16.5. The second-order valence-corrected chi connectivity index (χ2v) is 6.74. The van der Waals surface area contributed by atoms with Gasteiger partial charge in [0.2, 0.25) is 0 Å². The van der Waals surface area contributed by atoms with Gasteiger partial charge in [-0.1, -0.05) is 12.1 Å². The zero-order chi connectivity index (χ0) is 20.5. The lowest BCUT2D eigenvalue weighted by atomic mass is 10.1. The highest BCUT2D eigenvalue weighted by Crippen LogP contribution is 2.38. The Balaban J connectivity index is 1.86. The third-order valence-corrected chi connectivity index (χ3v) is 5.02. The molecule has 1 aromatic heterocycles. The van der Waals surface area contributed by atoms with Crippen molar-refractivity contribution in [1.29, 1.82) is 0 Å². The number of allylic oxidation sites excluding steroid dienone is 1. The molecule has 4 rings (SSSR count). The summed E-state index contributed by atoms with van der Waals surface area (Å²) in [4.78, 5) is 24.2. The Morgan fingerprint density at radius 3 is 2.79 bits per heavy atom. The fraction of sp³-hybridized carbons (Fsp3) is 0.217. The van der Waals surface area contributed by atoms with E-state index in [4.69, 9.17) is 13.9 Å². The normalized spacial score (nSPS) is 14.2. The summed E-state index contributed by atoms with van der Waals surface area (Å²) >= 11 is 0. The van der Waals surface area contributed by atoms with Crippen molar-refractivity contribution in [2.24, 2.45) is 0 Å². The fourth-order valence-electron chi connectivity index (χ4n) is 3.66. The van der Waals surface area contributed by atoms with Gasteiger partial charge in [-0.3, -0.25) is 4.79 Å². The van der Waals surface area contributed by atoms with Crippen molar-refractivity contribution in [3.8, 4) is 11.5 Å². The maximum atomic E-state index is 12.9. The van der Waals surface area contributed by atoms with Gasteiger partial charge in [-0.15, -0.1) is 0 Å². The molecule has 0 saturated heterocycles. The van der Waals surface area contributed by atoms with Crippen LogP contribution < -0.4 is 14.9 Å². The molecule has 2 aromatic carbocycles. The monoisotopic (exact) mass is 392 g/mol. The molecule has 0 radical (unpaired) electrons. The molecular weight excluding hydrogens is 372 g/mol. The average Bonchev–Trinajstić information content (AvgIpc) is 3.12. The Morgan fingerprint density at radius 2 is 2.07 bits per heavy atom. The summed E-state index contributed by atoms with van der Waals surface area (Å²) in [5.74, 6) is 0.762. The van der Waals surface area contributed by atoms with E-state index in [0.29, 0.717) is 53.2 Å². The van der Waals surface area contributed by atoms with Crippen LogP contribution in [0.3, 0.4) is 0 Å². The summed E-state index contributed by atoms with van der Waals surface area (Å²) < 4.78 is 17.2. The zero-order valence-electron chi connectivity index (χ0n) is 16.2. The van der Waals surface area contributed by atoms with Crippen molar-refractivity contribution in [3.63, 3.8) is 0 Å². The van der Waals surface area contributed by atoms with Gasteiger partial charge in [0.15, 0.2) is 16.9 Å². The van der Waals surface area contributed by atoms with Crippen LogP contribution in [0.5, 0.6) is 11.5 Å². The Hall–Kier alpha value is -3.54. The van der Waals surface area contributed by atoms with E-state index < -0.39 is 5.97 Å². The van der Waals surface area contributed by atoms with Crippen LogP contribution >= 0.6 is 0 Å². The van der Waals surface area contributed by atoms with E-state index in [-0.39, 0.29) is 11.0 Å². The third-order valence-electron chi connectivity index (χ3n) is 5.02. The number of hydrogen-bond acceptors (Lipinski definition) is 5. The third kappa shape index (κ3) is 3.27. The van der Waals surface area contributed by atoms with Gasteiger partial charge in [0.05, 0.1) is 24.7 Å². The molecule has 0 aliphatic heterocycles. The lowest BCUT2D eigenvalue weighted by Gasteiger charge is -2.12. The van der Waals surface area contributed by atoms with Gasteiger partial charge in [-0.25, -0.2) is 4.79 Å². The molecule has 0 saturated carbocycles. The first-order valence-electron chi connectivity index (χ1n) is 9.37. The van der Waals surface area contributed by atoms with Gasteiger partial charge < -0.3 is 19.0 Å². The molecule has 0 unspecified atom stereocenters. The molecule has 1 aliphatic carbocycles. The van der Waals surface area contributed by atoms with E-state index in [1.165, 1.54) is 18.2 Å². The molecule has 6 nitrogen and oxygen atoms in total. The molecule has 3 aromatic rings. The number of rotatable bonds is 5. The SMILES string of the molecule is CCOc1c(/C=C2/CCc3c2oc2ccc(C(=O)O)cc2c3=O)cccc1OC. The number of ether oxygens (including phenoxy) is 2. The van der Waals surface area contributed by atoms with E-state index in [1.54, 1.807) is 7.11 Å². The zero-order valence-corrected chi connectivity index (χ0v) is 16.2. The number of aromatic carboxylic acids is 1. The molecule has 1 aliphatic rings. The van der Waals surface area contributed by atoms with E-state index >= 15 is 0 Å². The first-order valence-corrected chi connectivity index (χ1v) is 9.37. The van der Waals surface area contributed by atoms with Gasteiger partial charge in [-0.05, 0) is 55.7 Å². The molecule has 29 heavy (non-hydrogen) atoms. The molecule has 6 heteroatoms. The van der Waals surface area contributed by atoms with Crippen LogP contribution in [0.2, 0.25) is 0 Å². The molecular formula is C23H20O6. The van der Waals surface area contributed by atoms with Gasteiger partial charge in [-0.2, -0.15) is 0 Å². The van der Waals surface area contributed by atoms with E-state index in [9.17, 15) is 14.7 Å². The second-order valence-electron chi connectivity index (χ2n) is 6.74. The number of hydrogen-bond donors (Lipinski definition) is 1. The average molecular weight is 392 g/mol. The second kappa shape index (κ2) is 7.47. The van der Waals surface area contributed by atoms with Crippen molar-refractivity contribution < 1.29 is 23.8 Å². The van der Waals surface area contributed by atoms with Crippen molar-refractivity contribution in [2.75, 3.05) is 13.7 Å². The number of carboxylic acids is 1. The lowest BCUT2D eigenvalue weighted by molar-refractivity contribution is 0.0697. The molecule has 148 valence electrons. The maximum absolute atomic E-state index is 12.9. The molecule has 1 N–H and O–H groups in total. The summed E-state index contributed by atoms with van der Waals surface area (Å²) in [7, 11) is 1.59. The van der Waals surface area contributed by atoms with Gasteiger partial charge in [0.1, 0.15) is 11.3 Å². The minimum Gasteiger partial charge on any atom is -0.493 e. The minimum absolute atomic E-state index is 0.0660. The van der Waals surface area contributed by atoms with Crippen molar-refractivity contribution in [2.45, 2.75) is 19.8 Å². The number of carbonyl (C=O) groups is 1. The van der Waals surface area contributed by atoms with Crippen molar-refractivity contribution in [1.82, 2.24) is 0 Å². The first-order chi connectivity index (χ1) is 14.0. The van der Waals surface area contributed by atoms with E-state index in [0.717, 1.165) is 11.1 Å². The standard InChI is InChI=1S/C23H20O6/c1-3-28-22-13(5-4-6-19(22)27-2)11-14-7-9-16-20(24)17-12-15(23(25)26)8-10-18(17)29-21(14)16/h4-6,8,10-12H,3,7,9H2,1-2H3,(H,25,26)/b14-11-. The van der Waals surface area contributed by atoms with Gasteiger partial charge >= 0.3 is 5.97 Å². The van der Waals surface area contributed by atoms with E-state index in [2.05, 4.69) is 0 Å². The van der Waals surface area contributed by atoms with Gasteiger partial charge in [0, 0.05) is 11.1 Å². The summed E-state index contributed by atoms with van der Waals surface area (Å²) in [6, 6.07) is 10.00. The number of methoxy groups -OCH3 is 1. The largest absolute Gasteiger partial charge is 0.493 e. The maximum Gasteiger partial charge on any atom is 0.335 e. The highest BCUT2D eigenvalue weighted by molar-refractivity contribution is 5.94. The highest BCUT2D eigenvalue weighted by Gasteiger charge is 2.25.